The quantitative estimate of drug-likeness (QED) is 0.744. The van der Waals surface area contributed by atoms with Gasteiger partial charge in [0.2, 0.25) is 0 Å². The maximum atomic E-state index is 11.7. The number of carbonyl (C=O) groups excluding carboxylic acids is 1. The predicted octanol–water partition coefficient (Wildman–Crippen LogP) is 1.51. The third-order valence-corrected chi connectivity index (χ3v) is 2.64. The molecular formula is C12H15NO2. The summed E-state index contributed by atoms with van der Waals surface area (Å²) in [5.41, 5.74) is 3.09. The molecule has 1 N–H and O–H groups in total. The molecule has 0 unspecified atom stereocenters. The summed E-state index contributed by atoms with van der Waals surface area (Å²) in [5, 5.41) is 3.29. The summed E-state index contributed by atoms with van der Waals surface area (Å²) >= 11 is 0. The van der Waals surface area contributed by atoms with Gasteiger partial charge in [0.05, 0.1) is 12.2 Å². The topological polar surface area (TPSA) is 38.3 Å². The molecular weight excluding hydrogens is 190 g/mol. The summed E-state index contributed by atoms with van der Waals surface area (Å²) in [7, 11) is 0. The van der Waals surface area contributed by atoms with Crippen LogP contribution in [-0.2, 0) is 17.7 Å². The van der Waals surface area contributed by atoms with Crippen LogP contribution in [0.4, 0.5) is 0 Å². The molecule has 0 spiro atoms. The zero-order valence-corrected chi connectivity index (χ0v) is 8.88. The maximum absolute atomic E-state index is 11.7. The molecule has 1 aromatic carbocycles. The minimum atomic E-state index is -0.198. The highest BCUT2D eigenvalue weighted by Gasteiger charge is 2.17. The van der Waals surface area contributed by atoms with Gasteiger partial charge >= 0.3 is 5.97 Å². The maximum Gasteiger partial charge on any atom is 0.338 e. The van der Waals surface area contributed by atoms with Crippen molar-refractivity contribution in [2.24, 2.45) is 0 Å². The molecule has 0 aliphatic carbocycles. The summed E-state index contributed by atoms with van der Waals surface area (Å²) in [6.45, 7) is 4.04. The summed E-state index contributed by atoms with van der Waals surface area (Å²) < 4.78 is 5.03. The first-order chi connectivity index (χ1) is 7.33. The van der Waals surface area contributed by atoms with Crippen molar-refractivity contribution < 1.29 is 9.53 Å². The Balaban J connectivity index is 2.34. The minimum absolute atomic E-state index is 0.198. The van der Waals surface area contributed by atoms with Gasteiger partial charge in [0, 0.05) is 6.54 Å². The van der Waals surface area contributed by atoms with Crippen molar-refractivity contribution in [2.45, 2.75) is 19.9 Å². The Kier molecular flexibility index (Phi) is 3.02. The van der Waals surface area contributed by atoms with E-state index in [4.69, 9.17) is 4.74 Å². The summed E-state index contributed by atoms with van der Waals surface area (Å²) in [6.07, 6.45) is 0.907. The summed E-state index contributed by atoms with van der Waals surface area (Å²) in [5.74, 6) is -0.198. The van der Waals surface area contributed by atoms with Gasteiger partial charge in [-0.05, 0) is 37.1 Å². The van der Waals surface area contributed by atoms with Crippen LogP contribution in [0.5, 0.6) is 0 Å². The fourth-order valence-electron chi connectivity index (χ4n) is 1.93. The molecule has 2 rings (SSSR count). The average Bonchev–Trinajstić information content (AvgIpc) is 2.28. The van der Waals surface area contributed by atoms with Gasteiger partial charge in [-0.2, -0.15) is 0 Å². The molecule has 1 aliphatic rings. The van der Waals surface area contributed by atoms with E-state index >= 15 is 0 Å². The summed E-state index contributed by atoms with van der Waals surface area (Å²) in [4.78, 5) is 11.7. The molecule has 1 aliphatic heterocycles. The fourth-order valence-corrected chi connectivity index (χ4v) is 1.93. The van der Waals surface area contributed by atoms with Gasteiger partial charge in [-0.1, -0.05) is 12.1 Å². The second-order valence-electron chi connectivity index (χ2n) is 3.59. The van der Waals surface area contributed by atoms with E-state index in [0.29, 0.717) is 6.61 Å². The van der Waals surface area contributed by atoms with Crippen molar-refractivity contribution >= 4 is 5.97 Å². The Morgan fingerprint density at radius 2 is 2.40 bits per heavy atom. The van der Waals surface area contributed by atoms with Gasteiger partial charge in [-0.3, -0.25) is 0 Å². The number of hydrogen-bond acceptors (Lipinski definition) is 3. The van der Waals surface area contributed by atoms with Gasteiger partial charge in [0.1, 0.15) is 0 Å². The Bertz CT molecular complexity index is 374. The SMILES string of the molecule is CCOC(=O)c1cccc2c1CCNC2. The fraction of sp³-hybridized carbons (Fsp3) is 0.417. The number of esters is 1. The number of rotatable bonds is 2. The number of carbonyl (C=O) groups is 1. The smallest absolute Gasteiger partial charge is 0.338 e. The van der Waals surface area contributed by atoms with Gasteiger partial charge in [0.25, 0.3) is 0 Å². The van der Waals surface area contributed by atoms with Crippen molar-refractivity contribution in [3.63, 3.8) is 0 Å². The molecule has 0 fully saturated rings. The van der Waals surface area contributed by atoms with Crippen molar-refractivity contribution in [1.82, 2.24) is 5.32 Å². The molecule has 3 heteroatoms. The predicted molar refractivity (Wildman–Crippen MR) is 57.8 cm³/mol. The van der Waals surface area contributed by atoms with Crippen LogP contribution in [-0.4, -0.2) is 19.1 Å². The summed E-state index contributed by atoms with van der Waals surface area (Å²) in [6, 6.07) is 5.82. The lowest BCUT2D eigenvalue weighted by Gasteiger charge is -2.19. The van der Waals surface area contributed by atoms with Crippen molar-refractivity contribution in [3.8, 4) is 0 Å². The highest BCUT2D eigenvalue weighted by Crippen LogP contribution is 2.19. The zero-order valence-electron chi connectivity index (χ0n) is 8.88. The molecule has 0 radical (unpaired) electrons. The van der Waals surface area contributed by atoms with Gasteiger partial charge in [-0.25, -0.2) is 4.79 Å². The van der Waals surface area contributed by atoms with E-state index in [9.17, 15) is 4.79 Å². The van der Waals surface area contributed by atoms with Gasteiger partial charge < -0.3 is 10.1 Å². The van der Waals surface area contributed by atoms with Crippen LogP contribution in [0.25, 0.3) is 0 Å². The molecule has 0 atom stereocenters. The average molecular weight is 205 g/mol. The normalized spacial score (nSPS) is 14.5. The second-order valence-corrected chi connectivity index (χ2v) is 3.59. The third kappa shape index (κ3) is 2.02. The molecule has 0 saturated heterocycles. The third-order valence-electron chi connectivity index (χ3n) is 2.64. The highest BCUT2D eigenvalue weighted by molar-refractivity contribution is 5.91. The highest BCUT2D eigenvalue weighted by atomic mass is 16.5. The first-order valence-electron chi connectivity index (χ1n) is 5.31. The van der Waals surface area contributed by atoms with Gasteiger partial charge in [0.15, 0.2) is 0 Å². The van der Waals surface area contributed by atoms with E-state index in [1.165, 1.54) is 5.56 Å². The zero-order chi connectivity index (χ0) is 10.7. The Morgan fingerprint density at radius 3 is 3.20 bits per heavy atom. The van der Waals surface area contributed by atoms with Crippen LogP contribution in [0.3, 0.4) is 0 Å². The minimum Gasteiger partial charge on any atom is -0.462 e. The van der Waals surface area contributed by atoms with Crippen LogP contribution in [0.15, 0.2) is 18.2 Å². The number of hydrogen-bond donors (Lipinski definition) is 1. The van der Waals surface area contributed by atoms with Crippen LogP contribution < -0.4 is 5.32 Å². The van der Waals surface area contributed by atoms with E-state index in [1.807, 2.05) is 19.1 Å². The molecule has 1 aromatic rings. The molecule has 0 aromatic heterocycles. The number of fused-ring (bicyclic) bond motifs is 1. The van der Waals surface area contributed by atoms with Crippen molar-refractivity contribution in [2.75, 3.05) is 13.2 Å². The Morgan fingerprint density at radius 1 is 1.53 bits per heavy atom. The monoisotopic (exact) mass is 205 g/mol. The Hall–Kier alpha value is -1.35. The lowest BCUT2D eigenvalue weighted by Crippen LogP contribution is -2.25. The Labute approximate surface area is 89.4 Å². The van der Waals surface area contributed by atoms with E-state index in [1.54, 1.807) is 0 Å². The molecule has 1 heterocycles. The van der Waals surface area contributed by atoms with Gasteiger partial charge in [-0.15, -0.1) is 0 Å². The first-order valence-corrected chi connectivity index (χ1v) is 5.31. The van der Waals surface area contributed by atoms with Crippen LogP contribution in [0.1, 0.15) is 28.4 Å². The van der Waals surface area contributed by atoms with Crippen molar-refractivity contribution in [3.05, 3.63) is 34.9 Å². The second kappa shape index (κ2) is 4.45. The van der Waals surface area contributed by atoms with E-state index in [0.717, 1.165) is 30.6 Å². The van der Waals surface area contributed by atoms with Crippen LogP contribution in [0.2, 0.25) is 0 Å². The largest absolute Gasteiger partial charge is 0.462 e. The molecule has 15 heavy (non-hydrogen) atoms. The number of ether oxygens (including phenoxy) is 1. The molecule has 0 amide bonds. The lowest BCUT2D eigenvalue weighted by atomic mass is 9.95. The standard InChI is InChI=1S/C12H15NO2/c1-2-15-12(14)11-5-3-4-9-8-13-7-6-10(9)11/h3-5,13H,2,6-8H2,1H3. The van der Waals surface area contributed by atoms with Crippen molar-refractivity contribution in [1.29, 1.82) is 0 Å². The molecule has 3 nitrogen and oxygen atoms in total. The van der Waals surface area contributed by atoms with Crippen LogP contribution >= 0.6 is 0 Å². The molecule has 0 saturated carbocycles. The molecule has 80 valence electrons. The number of benzene rings is 1. The lowest BCUT2D eigenvalue weighted by molar-refractivity contribution is 0.0524. The number of nitrogens with one attached hydrogen (secondary N) is 1. The van der Waals surface area contributed by atoms with E-state index in [-0.39, 0.29) is 5.97 Å². The first kappa shape index (κ1) is 10.2. The van der Waals surface area contributed by atoms with Crippen LogP contribution in [0, 0.1) is 0 Å². The van der Waals surface area contributed by atoms with E-state index in [2.05, 4.69) is 11.4 Å². The van der Waals surface area contributed by atoms with E-state index < -0.39 is 0 Å². The molecule has 0 bridgehead atoms.